The smallest absolute Gasteiger partial charge is 0.435 e. The number of aliphatic carboxylic acids is 1. The Hall–Kier alpha value is -4.82. The van der Waals surface area contributed by atoms with E-state index in [2.05, 4.69) is 20.7 Å². The van der Waals surface area contributed by atoms with E-state index >= 15 is 0 Å². The van der Waals surface area contributed by atoms with Crippen molar-refractivity contribution in [1.29, 1.82) is 0 Å². The summed E-state index contributed by atoms with van der Waals surface area (Å²) in [7, 11) is 4.48. The summed E-state index contributed by atoms with van der Waals surface area (Å²) >= 11 is 0. The van der Waals surface area contributed by atoms with Crippen molar-refractivity contribution >= 4 is 28.8 Å². The zero-order valence-electron chi connectivity index (χ0n) is 26.5. The molecule has 1 aromatic carbocycles. The van der Waals surface area contributed by atoms with Crippen molar-refractivity contribution in [3.05, 3.63) is 47.7 Å². The number of ether oxygens (including phenoxy) is 2. The molecule has 0 bridgehead atoms. The summed E-state index contributed by atoms with van der Waals surface area (Å²) in [6.45, 7) is 2.11. The fourth-order valence-corrected chi connectivity index (χ4v) is 5.75. The van der Waals surface area contributed by atoms with Crippen molar-refractivity contribution in [2.24, 2.45) is 13.0 Å². The number of pyridine rings is 1. The molecule has 2 aromatic heterocycles. The molecule has 3 heterocycles. The molecule has 0 radical (unpaired) electrons. The minimum atomic E-state index is -4.66. The van der Waals surface area contributed by atoms with E-state index in [-0.39, 0.29) is 42.5 Å². The van der Waals surface area contributed by atoms with E-state index in [1.807, 2.05) is 12.2 Å². The third kappa shape index (κ3) is 6.98. The van der Waals surface area contributed by atoms with Crippen molar-refractivity contribution < 1.29 is 42.1 Å². The molecule has 47 heavy (non-hydrogen) atoms. The van der Waals surface area contributed by atoms with Crippen LogP contribution in [0.4, 0.5) is 18.0 Å². The van der Waals surface area contributed by atoms with Gasteiger partial charge in [0.1, 0.15) is 23.1 Å². The van der Waals surface area contributed by atoms with E-state index in [1.54, 1.807) is 26.1 Å². The minimum absolute atomic E-state index is 0.0418. The highest BCUT2D eigenvalue weighted by Gasteiger charge is 2.60. The highest BCUT2D eigenvalue weighted by atomic mass is 19.4. The lowest BCUT2D eigenvalue weighted by Gasteiger charge is -2.25. The summed E-state index contributed by atoms with van der Waals surface area (Å²) in [6, 6.07) is 4.18. The molecular weight excluding hydrogens is 621 g/mol. The van der Waals surface area contributed by atoms with E-state index < -0.39 is 41.4 Å². The third-order valence-corrected chi connectivity index (χ3v) is 8.65. The number of amides is 3. The number of hydrogen-bond acceptors (Lipinski definition) is 7. The third-order valence-electron chi connectivity index (χ3n) is 8.65. The Bertz CT molecular complexity index is 1720. The van der Waals surface area contributed by atoms with Crippen molar-refractivity contribution in [1.82, 2.24) is 30.3 Å². The normalized spacial score (nSPS) is 22.2. The van der Waals surface area contributed by atoms with Crippen LogP contribution in [0.5, 0.6) is 11.5 Å². The van der Waals surface area contributed by atoms with Crippen LogP contribution in [0.1, 0.15) is 43.4 Å². The number of alkyl halides is 3. The molecule has 5 rings (SSSR count). The van der Waals surface area contributed by atoms with E-state index in [1.165, 1.54) is 25.1 Å². The molecule has 3 amide bonds. The van der Waals surface area contributed by atoms with Gasteiger partial charge in [-0.1, -0.05) is 12.2 Å². The number of carbonyl (C=O) groups excluding carboxylic acids is 2. The first-order valence-corrected chi connectivity index (χ1v) is 15.2. The Balaban J connectivity index is 1.44. The number of aromatic nitrogens is 3. The van der Waals surface area contributed by atoms with Crippen LogP contribution in [-0.2, 0) is 22.8 Å². The average molecular weight is 659 g/mol. The van der Waals surface area contributed by atoms with Gasteiger partial charge in [-0.25, -0.2) is 14.6 Å². The molecule has 15 heteroatoms. The van der Waals surface area contributed by atoms with Gasteiger partial charge in [0, 0.05) is 50.0 Å². The summed E-state index contributed by atoms with van der Waals surface area (Å²) < 4.78 is 53.0. The van der Waals surface area contributed by atoms with Gasteiger partial charge in [0.2, 0.25) is 5.91 Å². The molecule has 3 atom stereocenters. The molecule has 3 aromatic rings. The fraction of sp³-hybridized carbons (Fsp3) is 0.469. The molecule has 0 spiro atoms. The first-order chi connectivity index (χ1) is 22.2. The summed E-state index contributed by atoms with van der Waals surface area (Å²) in [4.78, 5) is 44.8. The number of aryl methyl sites for hydroxylation is 2. The van der Waals surface area contributed by atoms with Crippen LogP contribution in [0.25, 0.3) is 22.3 Å². The number of hydrogen-bond donors (Lipinski definition) is 3. The molecule has 0 saturated heterocycles. The van der Waals surface area contributed by atoms with Crippen LogP contribution < -0.4 is 20.1 Å². The van der Waals surface area contributed by atoms with Crippen LogP contribution in [0, 0.1) is 12.8 Å². The molecular formula is C32H37F3N6O6. The maximum absolute atomic E-state index is 13.5. The van der Waals surface area contributed by atoms with Crippen molar-refractivity contribution in [3.8, 4) is 22.9 Å². The van der Waals surface area contributed by atoms with Crippen LogP contribution >= 0.6 is 0 Å². The van der Waals surface area contributed by atoms with Crippen LogP contribution in [0.15, 0.2) is 36.4 Å². The molecule has 0 unspecified atom stereocenters. The fourth-order valence-electron chi connectivity index (χ4n) is 5.75. The number of urea groups is 1. The van der Waals surface area contributed by atoms with Crippen LogP contribution in [0.3, 0.4) is 0 Å². The van der Waals surface area contributed by atoms with E-state index in [0.29, 0.717) is 28.8 Å². The maximum Gasteiger partial charge on any atom is 0.435 e. The van der Waals surface area contributed by atoms with Crippen molar-refractivity contribution in [2.75, 3.05) is 27.3 Å². The number of rotatable bonds is 7. The zero-order valence-corrected chi connectivity index (χ0v) is 26.5. The standard InChI is InChI=1S/C32H37F3N6O6/c1-18-24(46-4)11-10-20-25(15-22(36-27(18)20)23-16-26(32(33,34)35)39-41(23)3)47-14-12-21-28(42)38-31(29(43)44)17-19(31)9-7-5-6-8-13-40(2)30(45)37-21/h7,9-11,15-16,19,21H,5-6,8,12-14,17H2,1-4H3,(H,37,45)(H,38,42)(H,43,44)/t19-,21+,31-/m1/s1. The molecule has 3 N–H and O–H groups in total. The highest BCUT2D eigenvalue weighted by molar-refractivity contribution is 5.94. The van der Waals surface area contributed by atoms with Crippen molar-refractivity contribution in [3.63, 3.8) is 0 Å². The van der Waals surface area contributed by atoms with Crippen LogP contribution in [-0.4, -0.2) is 81.6 Å². The van der Waals surface area contributed by atoms with Gasteiger partial charge in [-0.2, -0.15) is 18.3 Å². The van der Waals surface area contributed by atoms with Gasteiger partial charge >= 0.3 is 18.2 Å². The van der Waals surface area contributed by atoms with Crippen molar-refractivity contribution in [2.45, 2.75) is 56.8 Å². The second-order valence-electron chi connectivity index (χ2n) is 11.9. The van der Waals surface area contributed by atoms with Gasteiger partial charge in [-0.15, -0.1) is 0 Å². The topological polar surface area (TPSA) is 148 Å². The number of carbonyl (C=O) groups is 3. The second-order valence-corrected chi connectivity index (χ2v) is 11.9. The average Bonchev–Trinajstić information content (AvgIpc) is 3.57. The Morgan fingerprint density at radius 3 is 2.62 bits per heavy atom. The number of allylic oxidation sites excluding steroid dienone is 1. The lowest BCUT2D eigenvalue weighted by atomic mass is 10.1. The van der Waals surface area contributed by atoms with E-state index in [0.717, 1.165) is 30.0 Å². The number of fused-ring (bicyclic) bond motifs is 2. The van der Waals surface area contributed by atoms with Gasteiger partial charge in [0.05, 0.1) is 30.6 Å². The molecule has 1 aliphatic heterocycles. The maximum atomic E-state index is 13.5. The number of nitrogens with zero attached hydrogens (tertiary/aromatic N) is 4. The quantitative estimate of drug-likeness (QED) is 0.316. The SMILES string of the molecule is COc1ccc2c(OCC[C@@H]3NC(=O)N(C)CCCCC=C[C@@H]4C[C@@]4(C(=O)O)NC3=O)cc(-c3cc(C(F)(F)F)nn3C)nc2c1C. The number of carboxylic acid groups (broad SMARTS) is 1. The van der Waals surface area contributed by atoms with Gasteiger partial charge < -0.3 is 30.1 Å². The summed E-state index contributed by atoms with van der Waals surface area (Å²) in [6.07, 6.45) is 1.55. The van der Waals surface area contributed by atoms with Gasteiger partial charge in [0.15, 0.2) is 5.69 Å². The monoisotopic (exact) mass is 658 g/mol. The van der Waals surface area contributed by atoms with E-state index in [4.69, 9.17) is 9.47 Å². The zero-order chi connectivity index (χ0) is 34.1. The predicted molar refractivity (Wildman–Crippen MR) is 165 cm³/mol. The van der Waals surface area contributed by atoms with E-state index in [9.17, 15) is 32.7 Å². The molecule has 2 aliphatic rings. The Kier molecular flexibility index (Phi) is 9.36. The second kappa shape index (κ2) is 13.1. The predicted octanol–water partition coefficient (Wildman–Crippen LogP) is 4.45. The Morgan fingerprint density at radius 2 is 1.94 bits per heavy atom. The number of nitrogens with one attached hydrogen (secondary N) is 2. The highest BCUT2D eigenvalue weighted by Crippen LogP contribution is 2.45. The Morgan fingerprint density at radius 1 is 1.17 bits per heavy atom. The number of carboxylic acids is 1. The van der Waals surface area contributed by atoms with Gasteiger partial charge in [-0.05, 0) is 50.8 Å². The number of benzene rings is 1. The molecule has 1 saturated carbocycles. The first kappa shape index (κ1) is 33.5. The number of halogens is 3. The molecule has 12 nitrogen and oxygen atoms in total. The first-order valence-electron chi connectivity index (χ1n) is 15.2. The Labute approximate surface area is 268 Å². The van der Waals surface area contributed by atoms with Crippen LogP contribution in [0.2, 0.25) is 0 Å². The summed E-state index contributed by atoms with van der Waals surface area (Å²) in [5.41, 5.74) is -1.22. The van der Waals surface area contributed by atoms with Gasteiger partial charge in [0.25, 0.3) is 0 Å². The largest absolute Gasteiger partial charge is 0.496 e. The molecule has 1 fully saturated rings. The molecule has 252 valence electrons. The summed E-state index contributed by atoms with van der Waals surface area (Å²) in [5.74, 6) is -1.41. The van der Waals surface area contributed by atoms with Gasteiger partial charge in [-0.3, -0.25) is 9.48 Å². The molecule has 1 aliphatic carbocycles. The lowest BCUT2D eigenvalue weighted by molar-refractivity contribution is -0.143. The minimum Gasteiger partial charge on any atom is -0.496 e. The summed E-state index contributed by atoms with van der Waals surface area (Å²) in [5, 5.41) is 19.5. The number of methoxy groups -OCH3 is 1. The lowest BCUT2D eigenvalue weighted by Crippen LogP contribution is -2.55.